The van der Waals surface area contributed by atoms with Gasteiger partial charge in [-0.1, -0.05) is 30.3 Å². The van der Waals surface area contributed by atoms with Gasteiger partial charge in [-0.15, -0.1) is 0 Å². The van der Waals surface area contributed by atoms with Crippen LogP contribution in [-0.4, -0.2) is 78.2 Å². The van der Waals surface area contributed by atoms with Crippen molar-refractivity contribution in [3.05, 3.63) is 71.0 Å². The molecule has 1 spiro atoms. The van der Waals surface area contributed by atoms with Gasteiger partial charge in [-0.3, -0.25) is 19.3 Å². The number of rotatable bonds is 5. The fourth-order valence-corrected chi connectivity index (χ4v) is 5.51. The largest absolute Gasteiger partial charge is 0.376 e. The van der Waals surface area contributed by atoms with E-state index in [0.29, 0.717) is 31.6 Å². The van der Waals surface area contributed by atoms with Crippen molar-refractivity contribution in [1.29, 1.82) is 0 Å². The lowest BCUT2D eigenvalue weighted by molar-refractivity contribution is -0.128. The van der Waals surface area contributed by atoms with E-state index >= 15 is 0 Å². The summed E-state index contributed by atoms with van der Waals surface area (Å²) in [6, 6.07) is 12.4. The maximum absolute atomic E-state index is 14.2. The van der Waals surface area contributed by atoms with Crippen molar-refractivity contribution in [3.63, 3.8) is 0 Å². The number of nitrogens with zero attached hydrogens (tertiary/aromatic N) is 2. The van der Waals surface area contributed by atoms with E-state index in [1.54, 1.807) is 34.1 Å². The van der Waals surface area contributed by atoms with Gasteiger partial charge in [0.2, 0.25) is 5.91 Å². The number of ether oxygens (including phenoxy) is 2. The molecule has 0 aliphatic carbocycles. The number of nitrogens with one attached hydrogen (secondary N) is 1. The number of hydrogen-bond donors (Lipinski definition) is 1. The predicted molar refractivity (Wildman–Crippen MR) is 133 cm³/mol. The molecule has 3 aliphatic rings. The SMILES string of the molecule is Cc1ccccc1C(=O)N1[C@H](C(=O)NC[C@H]2CCCO2)COC12CCN(C(=O)c1ccccc1F)CC2. The highest BCUT2D eigenvalue weighted by atomic mass is 19.1. The molecule has 5 rings (SSSR count). The number of hydrogen-bond acceptors (Lipinski definition) is 5. The van der Waals surface area contributed by atoms with Crippen molar-refractivity contribution in [2.45, 2.75) is 50.5 Å². The predicted octanol–water partition coefficient (Wildman–Crippen LogP) is 2.90. The zero-order valence-corrected chi connectivity index (χ0v) is 21.0. The zero-order valence-electron chi connectivity index (χ0n) is 21.0. The van der Waals surface area contributed by atoms with Crippen LogP contribution in [0.5, 0.6) is 0 Å². The summed E-state index contributed by atoms with van der Waals surface area (Å²) in [6.07, 6.45) is 2.48. The van der Waals surface area contributed by atoms with Crippen molar-refractivity contribution < 1.29 is 28.2 Å². The van der Waals surface area contributed by atoms with E-state index in [-0.39, 0.29) is 43.2 Å². The highest BCUT2D eigenvalue weighted by Crippen LogP contribution is 2.39. The summed E-state index contributed by atoms with van der Waals surface area (Å²) in [4.78, 5) is 43.3. The maximum Gasteiger partial charge on any atom is 0.257 e. The summed E-state index contributed by atoms with van der Waals surface area (Å²) < 4.78 is 26.1. The van der Waals surface area contributed by atoms with E-state index in [9.17, 15) is 18.8 Å². The molecule has 37 heavy (non-hydrogen) atoms. The summed E-state index contributed by atoms with van der Waals surface area (Å²) in [5.41, 5.74) is 0.302. The van der Waals surface area contributed by atoms with Crippen LogP contribution in [0.15, 0.2) is 48.5 Å². The number of halogens is 1. The second kappa shape index (κ2) is 10.6. The van der Waals surface area contributed by atoms with Crippen LogP contribution in [0.1, 0.15) is 52.0 Å². The summed E-state index contributed by atoms with van der Waals surface area (Å²) in [6.45, 7) is 3.55. The standard InChI is InChI=1S/C28H32FN3O5/c1-19-7-2-3-9-21(19)27(35)32-24(25(33)30-17-20-8-6-16-36-20)18-37-28(32)12-14-31(15-13-28)26(34)22-10-4-5-11-23(22)29/h2-5,7,9-11,20,24H,6,8,12-18H2,1H3,(H,30,33)/t20-,24+/m1/s1. The van der Waals surface area contributed by atoms with E-state index in [4.69, 9.17) is 9.47 Å². The first kappa shape index (κ1) is 25.4. The number of carbonyl (C=O) groups is 3. The number of amides is 3. The van der Waals surface area contributed by atoms with Gasteiger partial charge in [-0.2, -0.15) is 0 Å². The first-order chi connectivity index (χ1) is 17.9. The molecule has 196 valence electrons. The van der Waals surface area contributed by atoms with Crippen LogP contribution in [0.2, 0.25) is 0 Å². The highest BCUT2D eigenvalue weighted by molar-refractivity contribution is 5.99. The Labute approximate surface area is 215 Å². The van der Waals surface area contributed by atoms with Crippen molar-refractivity contribution in [2.75, 3.05) is 32.8 Å². The monoisotopic (exact) mass is 509 g/mol. The first-order valence-electron chi connectivity index (χ1n) is 12.9. The molecule has 3 heterocycles. The maximum atomic E-state index is 14.2. The first-order valence-corrected chi connectivity index (χ1v) is 12.9. The van der Waals surface area contributed by atoms with E-state index < -0.39 is 23.5 Å². The second-order valence-electron chi connectivity index (χ2n) is 9.92. The molecule has 0 aromatic heterocycles. The molecule has 3 saturated heterocycles. The van der Waals surface area contributed by atoms with Crippen molar-refractivity contribution in [1.82, 2.24) is 15.1 Å². The average molecular weight is 510 g/mol. The summed E-state index contributed by atoms with van der Waals surface area (Å²) in [5, 5.41) is 2.95. The Bertz CT molecular complexity index is 1170. The molecule has 0 unspecified atom stereocenters. The summed E-state index contributed by atoms with van der Waals surface area (Å²) in [5.74, 6) is -1.52. The van der Waals surface area contributed by atoms with Gasteiger partial charge in [-0.25, -0.2) is 4.39 Å². The number of piperidine rings is 1. The van der Waals surface area contributed by atoms with Gasteiger partial charge in [0, 0.05) is 44.6 Å². The van der Waals surface area contributed by atoms with Gasteiger partial charge >= 0.3 is 0 Å². The van der Waals surface area contributed by atoms with Crippen molar-refractivity contribution >= 4 is 17.7 Å². The molecule has 2 aromatic carbocycles. The number of benzene rings is 2. The van der Waals surface area contributed by atoms with Crippen molar-refractivity contribution in [2.24, 2.45) is 0 Å². The topological polar surface area (TPSA) is 88.2 Å². The molecule has 0 saturated carbocycles. The van der Waals surface area contributed by atoms with Gasteiger partial charge in [0.1, 0.15) is 17.6 Å². The van der Waals surface area contributed by atoms with Crippen LogP contribution in [0.3, 0.4) is 0 Å². The zero-order chi connectivity index (χ0) is 26.0. The van der Waals surface area contributed by atoms with E-state index in [2.05, 4.69) is 5.32 Å². The van der Waals surface area contributed by atoms with Gasteiger partial charge in [-0.05, 0) is 43.5 Å². The molecule has 2 aromatic rings. The van der Waals surface area contributed by atoms with Crippen LogP contribution < -0.4 is 5.32 Å². The lowest BCUT2D eigenvalue weighted by Crippen LogP contribution is -2.60. The molecule has 8 nitrogen and oxygen atoms in total. The van der Waals surface area contributed by atoms with Gasteiger partial charge in [0.15, 0.2) is 0 Å². The van der Waals surface area contributed by atoms with E-state index in [1.807, 2.05) is 19.1 Å². The molecule has 3 amide bonds. The average Bonchev–Trinajstić information content (AvgIpc) is 3.56. The minimum Gasteiger partial charge on any atom is -0.376 e. The molecule has 3 aliphatic heterocycles. The second-order valence-corrected chi connectivity index (χ2v) is 9.92. The highest BCUT2D eigenvalue weighted by Gasteiger charge is 2.54. The molecular weight excluding hydrogens is 477 g/mol. The minimum absolute atomic E-state index is 0.0185. The Morgan fingerprint density at radius 2 is 1.73 bits per heavy atom. The van der Waals surface area contributed by atoms with Crippen LogP contribution in [-0.2, 0) is 14.3 Å². The Morgan fingerprint density at radius 1 is 1.03 bits per heavy atom. The van der Waals surface area contributed by atoms with Crippen LogP contribution >= 0.6 is 0 Å². The number of carbonyl (C=O) groups excluding carboxylic acids is 3. The quantitative estimate of drug-likeness (QED) is 0.670. The van der Waals surface area contributed by atoms with Crippen LogP contribution in [0, 0.1) is 12.7 Å². The normalized spacial score (nSPS) is 22.9. The minimum atomic E-state index is -1.03. The third-order valence-electron chi connectivity index (χ3n) is 7.62. The molecule has 1 N–H and O–H groups in total. The molecule has 0 radical (unpaired) electrons. The summed E-state index contributed by atoms with van der Waals surface area (Å²) >= 11 is 0. The van der Waals surface area contributed by atoms with Gasteiger partial charge in [0.05, 0.1) is 18.3 Å². The fraction of sp³-hybridized carbons (Fsp3) is 0.464. The van der Waals surface area contributed by atoms with Gasteiger partial charge < -0.3 is 19.7 Å². The molecule has 3 fully saturated rings. The van der Waals surface area contributed by atoms with E-state index in [0.717, 1.165) is 18.4 Å². The molecule has 0 bridgehead atoms. The van der Waals surface area contributed by atoms with Crippen molar-refractivity contribution in [3.8, 4) is 0 Å². The third-order valence-corrected chi connectivity index (χ3v) is 7.62. The lowest BCUT2D eigenvalue weighted by Gasteiger charge is -2.44. The van der Waals surface area contributed by atoms with Crippen LogP contribution in [0.25, 0.3) is 0 Å². The Kier molecular flexibility index (Phi) is 7.26. The lowest BCUT2D eigenvalue weighted by atomic mass is 9.95. The smallest absolute Gasteiger partial charge is 0.257 e. The summed E-state index contributed by atoms with van der Waals surface area (Å²) in [7, 11) is 0. The van der Waals surface area contributed by atoms with E-state index in [1.165, 1.54) is 12.1 Å². The third kappa shape index (κ3) is 4.98. The van der Waals surface area contributed by atoms with Crippen LogP contribution in [0.4, 0.5) is 4.39 Å². The fourth-order valence-electron chi connectivity index (χ4n) is 5.51. The number of aryl methyl sites for hydroxylation is 1. The molecular formula is C28H32FN3O5. The Hall–Kier alpha value is -3.30. The van der Waals surface area contributed by atoms with Gasteiger partial charge in [0.25, 0.3) is 11.8 Å². The molecule has 2 atom stereocenters. The Balaban J connectivity index is 1.36. The number of likely N-dealkylation sites (tertiary alicyclic amines) is 1. The Morgan fingerprint density at radius 3 is 2.41 bits per heavy atom. The molecule has 9 heteroatoms.